The van der Waals surface area contributed by atoms with Gasteiger partial charge in [-0.25, -0.2) is 14.8 Å². The van der Waals surface area contributed by atoms with Crippen LogP contribution in [-0.2, 0) is 6.54 Å². The molecule has 27 heavy (non-hydrogen) atoms. The lowest BCUT2D eigenvalue weighted by atomic mass is 10.1. The van der Waals surface area contributed by atoms with Crippen molar-refractivity contribution in [1.82, 2.24) is 9.97 Å². The Labute approximate surface area is 153 Å². The van der Waals surface area contributed by atoms with E-state index in [0.29, 0.717) is 35.2 Å². The number of fused-ring (bicyclic) bond motifs is 1. The molecule has 136 valence electrons. The highest BCUT2D eigenvalue weighted by Gasteiger charge is 2.13. The molecule has 9 heteroatoms. The molecule has 0 fully saturated rings. The van der Waals surface area contributed by atoms with Crippen molar-refractivity contribution in [2.45, 2.75) is 6.54 Å². The zero-order chi connectivity index (χ0) is 19.4. The number of nitrogens with two attached hydrogens (primary N) is 1. The van der Waals surface area contributed by atoms with Crippen LogP contribution >= 0.6 is 0 Å². The first-order valence-electron chi connectivity index (χ1n) is 7.84. The molecule has 0 spiro atoms. The number of carbonyl (C=O) groups excluding carboxylic acids is 2. The van der Waals surface area contributed by atoms with Gasteiger partial charge in [0.2, 0.25) is 0 Å². The maximum absolute atomic E-state index is 11.7. The van der Waals surface area contributed by atoms with Crippen LogP contribution in [0.1, 0.15) is 26.3 Å². The van der Waals surface area contributed by atoms with E-state index in [9.17, 15) is 14.4 Å². The summed E-state index contributed by atoms with van der Waals surface area (Å²) < 4.78 is 0. The quantitative estimate of drug-likeness (QED) is 0.490. The number of aromatic nitrogens is 2. The number of rotatable bonds is 6. The molecule has 0 aliphatic carbocycles. The van der Waals surface area contributed by atoms with E-state index >= 15 is 0 Å². The van der Waals surface area contributed by atoms with Crippen LogP contribution in [0.25, 0.3) is 10.9 Å². The molecule has 1 aromatic heterocycles. The molecule has 2 amide bonds. The molecule has 1 heterocycles. The van der Waals surface area contributed by atoms with Crippen molar-refractivity contribution in [3.8, 4) is 0 Å². The summed E-state index contributed by atoms with van der Waals surface area (Å²) in [5, 5.41) is 14.7. The zero-order valence-corrected chi connectivity index (χ0v) is 14.0. The number of hydrogen-bond acceptors (Lipinski definition) is 6. The first kappa shape index (κ1) is 17.8. The molecule has 0 saturated carbocycles. The van der Waals surface area contributed by atoms with Crippen LogP contribution in [0.4, 0.5) is 16.3 Å². The summed E-state index contributed by atoms with van der Waals surface area (Å²) in [5.74, 6) is -0.274. The fraction of sp³-hybridized carbons (Fsp3) is 0.0556. The summed E-state index contributed by atoms with van der Waals surface area (Å²) in [5.41, 5.74) is 7.37. The first-order chi connectivity index (χ1) is 13.0. The van der Waals surface area contributed by atoms with E-state index in [0.717, 1.165) is 5.56 Å². The Morgan fingerprint density at radius 2 is 2.00 bits per heavy atom. The lowest BCUT2D eigenvalue weighted by Gasteiger charge is -2.11. The van der Waals surface area contributed by atoms with Gasteiger partial charge in [-0.2, -0.15) is 0 Å². The molecule has 9 nitrogen and oxygen atoms in total. The van der Waals surface area contributed by atoms with Crippen LogP contribution in [0, 0.1) is 0 Å². The molecule has 3 rings (SSSR count). The van der Waals surface area contributed by atoms with E-state index in [4.69, 9.17) is 10.8 Å². The fourth-order valence-electron chi connectivity index (χ4n) is 2.66. The smallest absolute Gasteiger partial charge is 0.409 e. The van der Waals surface area contributed by atoms with Gasteiger partial charge in [0.05, 0.1) is 11.1 Å². The number of anilines is 2. The molecule has 0 bridgehead atoms. The van der Waals surface area contributed by atoms with Gasteiger partial charge in [-0.05, 0) is 29.8 Å². The molecule has 3 aromatic rings. The topological polar surface area (TPSA) is 147 Å². The van der Waals surface area contributed by atoms with Gasteiger partial charge >= 0.3 is 6.09 Å². The molecular weight excluding hydrogens is 350 g/mol. The Bertz CT molecular complexity index is 1050. The second kappa shape index (κ2) is 7.48. The van der Waals surface area contributed by atoms with E-state index in [-0.39, 0.29) is 11.1 Å². The van der Waals surface area contributed by atoms with E-state index in [1.165, 1.54) is 12.4 Å². The van der Waals surface area contributed by atoms with Gasteiger partial charge in [-0.3, -0.25) is 14.9 Å². The molecule has 0 aliphatic rings. The highest BCUT2D eigenvalue weighted by Crippen LogP contribution is 2.24. The normalized spacial score (nSPS) is 10.4. The van der Waals surface area contributed by atoms with Crippen molar-refractivity contribution in [2.24, 2.45) is 5.73 Å². The molecule has 0 aliphatic heterocycles. The van der Waals surface area contributed by atoms with Crippen molar-refractivity contribution in [3.05, 3.63) is 59.4 Å². The molecule has 0 unspecified atom stereocenters. The first-order valence-corrected chi connectivity index (χ1v) is 7.84. The maximum atomic E-state index is 11.7. The third kappa shape index (κ3) is 3.98. The molecule has 0 atom stereocenters. The fourth-order valence-corrected chi connectivity index (χ4v) is 2.66. The Morgan fingerprint density at radius 3 is 2.70 bits per heavy atom. The third-order valence-corrected chi connectivity index (χ3v) is 3.80. The van der Waals surface area contributed by atoms with Crippen molar-refractivity contribution in [1.29, 1.82) is 0 Å². The van der Waals surface area contributed by atoms with Crippen LogP contribution in [0.5, 0.6) is 0 Å². The van der Waals surface area contributed by atoms with E-state index in [1.54, 1.807) is 24.3 Å². The Balaban J connectivity index is 1.93. The van der Waals surface area contributed by atoms with Crippen molar-refractivity contribution in [2.75, 3.05) is 10.6 Å². The number of aldehydes is 1. The molecular formula is C18H15N5O4. The highest BCUT2D eigenvalue weighted by atomic mass is 16.4. The van der Waals surface area contributed by atoms with Crippen LogP contribution < -0.4 is 16.4 Å². The van der Waals surface area contributed by atoms with Gasteiger partial charge in [-0.15, -0.1) is 0 Å². The van der Waals surface area contributed by atoms with Gasteiger partial charge in [0.25, 0.3) is 5.91 Å². The van der Waals surface area contributed by atoms with Gasteiger partial charge in [0.15, 0.2) is 0 Å². The number of hydrogen-bond donors (Lipinski definition) is 4. The average Bonchev–Trinajstić information content (AvgIpc) is 2.65. The molecule has 5 N–H and O–H groups in total. The minimum atomic E-state index is -1.15. The van der Waals surface area contributed by atoms with Gasteiger partial charge < -0.3 is 16.2 Å². The lowest BCUT2D eigenvalue weighted by Crippen LogP contribution is -2.13. The molecule has 2 aromatic carbocycles. The van der Waals surface area contributed by atoms with E-state index < -0.39 is 12.0 Å². The number of benzene rings is 2. The van der Waals surface area contributed by atoms with Gasteiger partial charge in [0.1, 0.15) is 18.4 Å². The number of amides is 2. The lowest BCUT2D eigenvalue weighted by molar-refractivity contribution is 0.100. The average molecular weight is 365 g/mol. The third-order valence-electron chi connectivity index (χ3n) is 3.80. The number of primary amides is 1. The van der Waals surface area contributed by atoms with E-state index in [2.05, 4.69) is 20.6 Å². The summed E-state index contributed by atoms with van der Waals surface area (Å²) in [6, 6.07) is 9.80. The summed E-state index contributed by atoms with van der Waals surface area (Å²) in [6.45, 7) is 0.332. The summed E-state index contributed by atoms with van der Waals surface area (Å²) in [6.07, 6.45) is 0.756. The van der Waals surface area contributed by atoms with Crippen LogP contribution in [0.2, 0.25) is 0 Å². The van der Waals surface area contributed by atoms with E-state index in [1.807, 2.05) is 6.07 Å². The predicted molar refractivity (Wildman–Crippen MR) is 98.9 cm³/mol. The zero-order valence-electron chi connectivity index (χ0n) is 14.0. The Kier molecular flexibility index (Phi) is 4.93. The van der Waals surface area contributed by atoms with Crippen LogP contribution in [-0.4, -0.2) is 33.4 Å². The summed E-state index contributed by atoms with van der Waals surface area (Å²) >= 11 is 0. The second-order valence-corrected chi connectivity index (χ2v) is 5.65. The predicted octanol–water partition coefficient (Wildman–Crippen LogP) is 2.24. The Hall–Kier alpha value is -4.01. The maximum Gasteiger partial charge on any atom is 0.409 e. The highest BCUT2D eigenvalue weighted by molar-refractivity contribution is 6.08. The number of carboxylic acid groups (broad SMARTS) is 1. The number of nitrogens with one attached hydrogen (secondary N) is 2. The largest absolute Gasteiger partial charge is 0.465 e. The minimum Gasteiger partial charge on any atom is -0.465 e. The van der Waals surface area contributed by atoms with Crippen LogP contribution in [0.3, 0.4) is 0 Å². The minimum absolute atomic E-state index is 0.132. The van der Waals surface area contributed by atoms with Crippen molar-refractivity contribution < 1.29 is 19.5 Å². The Morgan fingerprint density at radius 1 is 1.19 bits per heavy atom. The monoisotopic (exact) mass is 365 g/mol. The van der Waals surface area contributed by atoms with Crippen molar-refractivity contribution in [3.63, 3.8) is 0 Å². The number of nitrogens with zero attached hydrogens (tertiary/aromatic N) is 2. The summed E-state index contributed by atoms with van der Waals surface area (Å²) in [7, 11) is 0. The molecule has 0 radical (unpaired) electrons. The SMILES string of the molecule is NC(=O)c1cc(C=O)cc2c(NCc3cccc(NC(=O)O)c3)ncnc12. The standard InChI is InChI=1S/C18H15N5O4/c19-16(25)13-5-11(8-24)6-14-15(13)21-9-22-17(14)20-7-10-2-1-3-12(4-10)23-18(26)27/h1-6,8-9,23H,7H2,(H2,19,25)(H,26,27)(H,20,21,22). The van der Waals surface area contributed by atoms with Crippen LogP contribution in [0.15, 0.2) is 42.7 Å². The molecule has 0 saturated heterocycles. The second-order valence-electron chi connectivity index (χ2n) is 5.65. The number of carbonyl (C=O) groups is 3. The van der Waals surface area contributed by atoms with Gasteiger partial charge in [0, 0.05) is 23.2 Å². The van der Waals surface area contributed by atoms with Crippen molar-refractivity contribution >= 4 is 40.7 Å². The van der Waals surface area contributed by atoms with Gasteiger partial charge in [-0.1, -0.05) is 12.1 Å². The summed E-state index contributed by atoms with van der Waals surface area (Å²) in [4.78, 5) is 41.9.